The van der Waals surface area contributed by atoms with Gasteiger partial charge in [-0.3, -0.25) is 4.79 Å². The van der Waals surface area contributed by atoms with E-state index >= 15 is 0 Å². The highest BCUT2D eigenvalue weighted by molar-refractivity contribution is 6.07. The van der Waals surface area contributed by atoms with E-state index in [9.17, 15) is 4.79 Å². The van der Waals surface area contributed by atoms with Gasteiger partial charge in [0.1, 0.15) is 0 Å². The zero-order chi connectivity index (χ0) is 24.4. The maximum absolute atomic E-state index is 13.7. The molecule has 0 aliphatic carbocycles. The second kappa shape index (κ2) is 10.1. The fourth-order valence-corrected chi connectivity index (χ4v) is 4.92. The van der Waals surface area contributed by atoms with Crippen LogP contribution < -0.4 is 14.2 Å². The minimum absolute atomic E-state index is 0.00370. The lowest BCUT2D eigenvalue weighted by Crippen LogP contribution is -2.41. The zero-order valence-electron chi connectivity index (χ0n) is 20.3. The van der Waals surface area contributed by atoms with E-state index in [2.05, 4.69) is 0 Å². The van der Waals surface area contributed by atoms with Gasteiger partial charge in [0, 0.05) is 30.0 Å². The van der Waals surface area contributed by atoms with E-state index < -0.39 is 0 Å². The highest BCUT2D eigenvalue weighted by atomic mass is 16.7. The van der Waals surface area contributed by atoms with Gasteiger partial charge in [0.15, 0.2) is 17.8 Å². The average Bonchev–Trinajstić information content (AvgIpc) is 3.46. The first-order valence-electron chi connectivity index (χ1n) is 11.9. The van der Waals surface area contributed by atoms with Crippen molar-refractivity contribution in [2.24, 2.45) is 5.92 Å². The van der Waals surface area contributed by atoms with Crippen molar-refractivity contribution in [2.45, 2.75) is 19.1 Å². The van der Waals surface area contributed by atoms with E-state index in [-0.39, 0.29) is 12.2 Å². The second-order valence-electron chi connectivity index (χ2n) is 8.73. The molecule has 0 bridgehead atoms. The summed E-state index contributed by atoms with van der Waals surface area (Å²) in [5.41, 5.74) is 2.82. The molecule has 0 unspecified atom stereocenters. The van der Waals surface area contributed by atoms with Gasteiger partial charge >= 0.3 is 0 Å². The predicted octanol–water partition coefficient (Wildman–Crippen LogP) is 4.15. The van der Waals surface area contributed by atoms with E-state index in [1.54, 1.807) is 21.3 Å². The highest BCUT2D eigenvalue weighted by Gasteiger charge is 2.32. The molecular weight excluding hydrogens is 448 g/mol. The molecule has 0 spiro atoms. The lowest BCUT2D eigenvalue weighted by atomic mass is 9.95. The molecule has 0 radical (unpaired) electrons. The number of fused-ring (bicyclic) bond motifs is 1. The van der Waals surface area contributed by atoms with Crippen LogP contribution in [0.2, 0.25) is 0 Å². The van der Waals surface area contributed by atoms with Gasteiger partial charge in [0.25, 0.3) is 5.91 Å². The Kier molecular flexibility index (Phi) is 6.74. The fraction of sp³-hybridized carbons (Fsp3) is 0.407. The molecule has 2 saturated heterocycles. The Morgan fingerprint density at radius 3 is 2.23 bits per heavy atom. The number of carbonyl (C=O) groups excluding carboxylic acids is 1. The van der Waals surface area contributed by atoms with Crippen molar-refractivity contribution >= 4 is 16.8 Å². The van der Waals surface area contributed by atoms with Crippen LogP contribution in [-0.4, -0.2) is 69.7 Å². The number of amides is 1. The number of methoxy groups -OCH3 is 3. The van der Waals surface area contributed by atoms with Crippen LogP contribution in [0.25, 0.3) is 22.2 Å². The van der Waals surface area contributed by atoms with Gasteiger partial charge in [-0.25, -0.2) is 4.98 Å². The molecule has 2 aliphatic heterocycles. The quantitative estimate of drug-likeness (QED) is 0.527. The van der Waals surface area contributed by atoms with Crippen molar-refractivity contribution in [1.29, 1.82) is 0 Å². The van der Waals surface area contributed by atoms with Gasteiger partial charge in [-0.2, -0.15) is 0 Å². The summed E-state index contributed by atoms with van der Waals surface area (Å²) in [5, 5.41) is 0.832. The van der Waals surface area contributed by atoms with E-state index in [0.29, 0.717) is 60.7 Å². The number of ether oxygens (including phenoxy) is 5. The standard InChI is InChI=1S/C27H30N2O6/c1-31-23-14-18(15-24(32-2)25(23)33-3)22-16-20(19-6-4-5-7-21(19)28-22)26(30)29-10-8-17(9-11-29)27-34-12-13-35-27/h4-7,14-17,27H,8-13H2,1-3H3. The molecular formula is C27H30N2O6. The van der Waals surface area contributed by atoms with Crippen molar-refractivity contribution in [3.63, 3.8) is 0 Å². The number of pyridine rings is 1. The van der Waals surface area contributed by atoms with Crippen LogP contribution in [0.4, 0.5) is 0 Å². The van der Waals surface area contributed by atoms with Gasteiger partial charge in [-0.05, 0) is 37.1 Å². The lowest BCUT2D eigenvalue weighted by Gasteiger charge is -2.34. The molecule has 3 aromatic rings. The molecule has 35 heavy (non-hydrogen) atoms. The number of para-hydroxylation sites is 1. The number of aromatic nitrogens is 1. The van der Waals surface area contributed by atoms with Gasteiger partial charge in [0.2, 0.25) is 5.75 Å². The fourth-order valence-electron chi connectivity index (χ4n) is 4.92. The topological polar surface area (TPSA) is 79.4 Å². The van der Waals surface area contributed by atoms with E-state index in [1.165, 1.54) is 0 Å². The summed E-state index contributed by atoms with van der Waals surface area (Å²) in [6.07, 6.45) is 1.58. The van der Waals surface area contributed by atoms with Gasteiger partial charge in [-0.1, -0.05) is 18.2 Å². The molecule has 3 heterocycles. The number of rotatable bonds is 6. The first-order chi connectivity index (χ1) is 17.1. The molecule has 8 heteroatoms. The Bertz CT molecular complexity index is 1190. The minimum atomic E-state index is -0.138. The third-order valence-corrected chi connectivity index (χ3v) is 6.77. The smallest absolute Gasteiger partial charge is 0.254 e. The summed E-state index contributed by atoms with van der Waals surface area (Å²) in [6.45, 7) is 2.64. The molecule has 2 fully saturated rings. The Hall–Kier alpha value is -3.36. The van der Waals surface area contributed by atoms with Gasteiger partial charge in [-0.15, -0.1) is 0 Å². The van der Waals surface area contributed by atoms with Gasteiger partial charge in [0.05, 0.1) is 51.3 Å². The van der Waals surface area contributed by atoms with Crippen molar-refractivity contribution in [3.05, 3.63) is 48.0 Å². The van der Waals surface area contributed by atoms with Crippen LogP contribution in [0.3, 0.4) is 0 Å². The summed E-state index contributed by atoms with van der Waals surface area (Å²) in [6, 6.07) is 13.3. The number of piperidine rings is 1. The maximum atomic E-state index is 13.7. The average molecular weight is 479 g/mol. The normalized spacial score (nSPS) is 17.1. The number of hydrogen-bond donors (Lipinski definition) is 0. The molecule has 1 aromatic heterocycles. The third kappa shape index (κ3) is 4.51. The Labute approximate surface area is 204 Å². The van der Waals surface area contributed by atoms with E-state index in [0.717, 1.165) is 29.3 Å². The van der Waals surface area contributed by atoms with Crippen LogP contribution >= 0.6 is 0 Å². The lowest BCUT2D eigenvalue weighted by molar-refractivity contribution is -0.0956. The summed E-state index contributed by atoms with van der Waals surface area (Å²) < 4.78 is 27.9. The van der Waals surface area contributed by atoms with Crippen molar-refractivity contribution < 1.29 is 28.5 Å². The molecule has 2 aromatic carbocycles. The number of carbonyl (C=O) groups is 1. The van der Waals surface area contributed by atoms with Crippen molar-refractivity contribution in [2.75, 3.05) is 47.6 Å². The Morgan fingerprint density at radius 2 is 1.60 bits per heavy atom. The molecule has 2 aliphatic rings. The zero-order valence-corrected chi connectivity index (χ0v) is 20.3. The predicted molar refractivity (Wildman–Crippen MR) is 131 cm³/mol. The number of hydrogen-bond acceptors (Lipinski definition) is 7. The van der Waals surface area contributed by atoms with Crippen LogP contribution in [0.15, 0.2) is 42.5 Å². The first-order valence-corrected chi connectivity index (χ1v) is 11.9. The van der Waals surface area contributed by atoms with Crippen LogP contribution in [0.5, 0.6) is 17.2 Å². The third-order valence-electron chi connectivity index (χ3n) is 6.77. The van der Waals surface area contributed by atoms with Crippen molar-refractivity contribution in [1.82, 2.24) is 9.88 Å². The summed E-state index contributed by atoms with van der Waals surface area (Å²) in [4.78, 5) is 20.5. The highest BCUT2D eigenvalue weighted by Crippen LogP contribution is 2.41. The number of nitrogens with zero attached hydrogens (tertiary/aromatic N) is 2. The molecule has 0 atom stereocenters. The molecule has 0 N–H and O–H groups in total. The molecule has 5 rings (SSSR count). The SMILES string of the molecule is COc1cc(-c2cc(C(=O)N3CCC(C4OCCO4)CC3)c3ccccc3n2)cc(OC)c1OC. The number of likely N-dealkylation sites (tertiary alicyclic amines) is 1. The maximum Gasteiger partial charge on any atom is 0.254 e. The van der Waals surface area contributed by atoms with Crippen LogP contribution in [0, 0.1) is 5.92 Å². The Balaban J connectivity index is 1.49. The van der Waals surface area contributed by atoms with Crippen LogP contribution in [-0.2, 0) is 9.47 Å². The first kappa shape index (κ1) is 23.4. The summed E-state index contributed by atoms with van der Waals surface area (Å²) in [7, 11) is 4.73. The summed E-state index contributed by atoms with van der Waals surface area (Å²) in [5.74, 6) is 1.90. The monoisotopic (exact) mass is 478 g/mol. The second-order valence-corrected chi connectivity index (χ2v) is 8.73. The largest absolute Gasteiger partial charge is 0.493 e. The van der Waals surface area contributed by atoms with E-state index in [1.807, 2.05) is 47.4 Å². The Morgan fingerprint density at radius 1 is 0.943 bits per heavy atom. The molecule has 184 valence electrons. The molecule has 8 nitrogen and oxygen atoms in total. The van der Waals surface area contributed by atoms with Crippen LogP contribution in [0.1, 0.15) is 23.2 Å². The minimum Gasteiger partial charge on any atom is -0.493 e. The summed E-state index contributed by atoms with van der Waals surface area (Å²) >= 11 is 0. The van der Waals surface area contributed by atoms with Gasteiger partial charge < -0.3 is 28.6 Å². The van der Waals surface area contributed by atoms with E-state index in [4.69, 9.17) is 28.7 Å². The molecule has 1 amide bonds. The van der Waals surface area contributed by atoms with Crippen molar-refractivity contribution in [3.8, 4) is 28.5 Å². The number of benzene rings is 2. The molecule has 0 saturated carbocycles.